The topological polar surface area (TPSA) is 51.8 Å². The van der Waals surface area contributed by atoms with Gasteiger partial charge in [0.05, 0.1) is 12.8 Å². The lowest BCUT2D eigenvalue weighted by Crippen LogP contribution is -2.29. The van der Waals surface area contributed by atoms with Gasteiger partial charge in [-0.1, -0.05) is 6.92 Å². The number of aromatic nitrogens is 3. The van der Waals surface area contributed by atoms with Gasteiger partial charge in [-0.15, -0.1) is 0 Å². The van der Waals surface area contributed by atoms with E-state index in [1.165, 1.54) is 0 Å². The van der Waals surface area contributed by atoms with Gasteiger partial charge in [0.2, 0.25) is 0 Å². The van der Waals surface area contributed by atoms with Crippen molar-refractivity contribution in [2.24, 2.45) is 13.0 Å². The number of hydrogen-bond donors (Lipinski definition) is 0. The molecule has 21 heavy (non-hydrogen) atoms. The fourth-order valence-electron chi connectivity index (χ4n) is 2.92. The highest BCUT2D eigenvalue weighted by Crippen LogP contribution is 2.21. The van der Waals surface area contributed by atoms with Gasteiger partial charge < -0.3 is 14.2 Å². The van der Waals surface area contributed by atoms with Crippen LogP contribution in [0.5, 0.6) is 0 Å². The van der Waals surface area contributed by atoms with Crippen LogP contribution in [0.15, 0.2) is 18.6 Å². The van der Waals surface area contributed by atoms with Gasteiger partial charge in [-0.25, -0.2) is 4.52 Å². The number of amides is 1. The fraction of sp³-hybridized carbons (Fsp3) is 0.600. The van der Waals surface area contributed by atoms with Gasteiger partial charge in [0.25, 0.3) is 5.91 Å². The average Bonchev–Trinajstić information content (AvgIpc) is 3.17. The third kappa shape index (κ3) is 2.68. The average molecular weight is 290 g/mol. The Hall–Kier alpha value is -1.82. The quantitative estimate of drug-likeness (QED) is 0.785. The largest absolute Gasteiger partial charge is 0.381 e. The first kappa shape index (κ1) is 14.1. The van der Waals surface area contributed by atoms with Crippen molar-refractivity contribution in [2.75, 3.05) is 26.3 Å². The van der Waals surface area contributed by atoms with Crippen molar-refractivity contribution < 1.29 is 9.53 Å². The number of nitrogens with zero attached hydrogens (tertiary/aromatic N) is 4. The number of likely N-dealkylation sites (tertiary alicyclic amines) is 1. The number of fused-ring (bicyclic) bond motifs is 1. The Morgan fingerprint density at radius 1 is 1.48 bits per heavy atom. The van der Waals surface area contributed by atoms with Crippen LogP contribution in [0.1, 0.15) is 30.1 Å². The minimum Gasteiger partial charge on any atom is -0.381 e. The van der Waals surface area contributed by atoms with Crippen molar-refractivity contribution in [1.82, 2.24) is 19.1 Å². The van der Waals surface area contributed by atoms with Gasteiger partial charge in [-0.05, 0) is 12.8 Å². The predicted octanol–water partition coefficient (Wildman–Crippen LogP) is 1.56. The van der Waals surface area contributed by atoms with E-state index < -0.39 is 0 Å². The molecule has 1 aliphatic rings. The molecule has 3 heterocycles. The number of carbonyl (C=O) groups is 1. The molecule has 6 heteroatoms. The highest BCUT2D eigenvalue weighted by molar-refractivity contribution is 5.99. The van der Waals surface area contributed by atoms with Crippen molar-refractivity contribution in [2.45, 2.75) is 19.8 Å². The minimum atomic E-state index is 0.0739. The van der Waals surface area contributed by atoms with Crippen molar-refractivity contribution >= 4 is 11.6 Å². The van der Waals surface area contributed by atoms with Crippen LogP contribution < -0.4 is 0 Å². The Morgan fingerprint density at radius 2 is 2.33 bits per heavy atom. The number of hydrogen-bond acceptors (Lipinski definition) is 3. The summed E-state index contributed by atoms with van der Waals surface area (Å²) in [6, 6.07) is 0. The molecule has 0 radical (unpaired) electrons. The number of carbonyl (C=O) groups excluding carboxylic acids is 1. The second-order valence-electron chi connectivity index (χ2n) is 5.72. The van der Waals surface area contributed by atoms with Gasteiger partial charge in [0.15, 0.2) is 0 Å². The van der Waals surface area contributed by atoms with E-state index in [1.807, 2.05) is 28.9 Å². The molecular weight excluding hydrogens is 268 g/mol. The minimum absolute atomic E-state index is 0.0739. The molecule has 0 aromatic carbocycles. The van der Waals surface area contributed by atoms with Crippen molar-refractivity contribution in [3.63, 3.8) is 0 Å². The maximum absolute atomic E-state index is 12.7. The molecule has 0 unspecified atom stereocenters. The first-order valence-corrected chi connectivity index (χ1v) is 7.56. The summed E-state index contributed by atoms with van der Waals surface area (Å²) in [4.78, 5) is 14.6. The van der Waals surface area contributed by atoms with Crippen LogP contribution in [0.2, 0.25) is 0 Å². The fourth-order valence-corrected chi connectivity index (χ4v) is 2.92. The van der Waals surface area contributed by atoms with E-state index >= 15 is 0 Å². The molecule has 2 aromatic heterocycles. The zero-order valence-corrected chi connectivity index (χ0v) is 12.7. The molecule has 1 amide bonds. The lowest BCUT2D eigenvalue weighted by molar-refractivity contribution is 0.0756. The summed E-state index contributed by atoms with van der Waals surface area (Å²) in [5.74, 6) is 0.532. The normalized spacial score (nSPS) is 18.8. The summed E-state index contributed by atoms with van der Waals surface area (Å²) >= 11 is 0. The van der Waals surface area contributed by atoms with E-state index in [0.29, 0.717) is 11.5 Å². The lowest BCUT2D eigenvalue weighted by Gasteiger charge is -2.16. The third-order valence-electron chi connectivity index (χ3n) is 4.04. The molecule has 2 aromatic rings. The number of imidazole rings is 1. The second-order valence-corrected chi connectivity index (χ2v) is 5.72. The van der Waals surface area contributed by atoms with Crippen molar-refractivity contribution in [3.8, 4) is 0 Å². The summed E-state index contributed by atoms with van der Waals surface area (Å²) in [6.45, 7) is 5.25. The second kappa shape index (κ2) is 5.89. The lowest BCUT2D eigenvalue weighted by atomic mass is 10.1. The van der Waals surface area contributed by atoms with Crippen molar-refractivity contribution in [3.05, 3.63) is 24.2 Å². The Labute approximate surface area is 124 Å². The zero-order valence-electron chi connectivity index (χ0n) is 12.7. The Balaban J connectivity index is 1.67. The van der Waals surface area contributed by atoms with Crippen LogP contribution in [0.25, 0.3) is 5.65 Å². The van der Waals surface area contributed by atoms with E-state index in [0.717, 1.165) is 44.8 Å². The molecule has 1 aliphatic heterocycles. The third-order valence-corrected chi connectivity index (χ3v) is 4.04. The summed E-state index contributed by atoms with van der Waals surface area (Å²) in [5.41, 5.74) is 1.53. The molecular formula is C15H22N4O2. The molecule has 0 N–H and O–H groups in total. The zero-order chi connectivity index (χ0) is 14.8. The summed E-state index contributed by atoms with van der Waals surface area (Å²) < 4.78 is 9.27. The van der Waals surface area contributed by atoms with E-state index in [1.54, 1.807) is 10.7 Å². The van der Waals surface area contributed by atoms with E-state index in [4.69, 9.17) is 4.74 Å². The molecule has 0 aliphatic carbocycles. The van der Waals surface area contributed by atoms with Crippen LogP contribution in [-0.4, -0.2) is 51.3 Å². The highest BCUT2D eigenvalue weighted by Gasteiger charge is 2.29. The molecule has 3 rings (SSSR count). The van der Waals surface area contributed by atoms with E-state index in [9.17, 15) is 4.79 Å². The van der Waals surface area contributed by atoms with Crippen LogP contribution in [-0.2, 0) is 11.8 Å². The molecule has 0 saturated carbocycles. The smallest absolute Gasteiger partial charge is 0.259 e. The summed E-state index contributed by atoms with van der Waals surface area (Å²) in [5, 5.41) is 4.24. The Bertz CT molecular complexity index is 631. The van der Waals surface area contributed by atoms with Gasteiger partial charge in [-0.3, -0.25) is 4.79 Å². The molecule has 0 bridgehead atoms. The van der Waals surface area contributed by atoms with Crippen LogP contribution in [0.4, 0.5) is 0 Å². The number of aryl methyl sites for hydroxylation is 1. The SMILES string of the molecule is CCCOC[C@@H]1CCN(C(=O)c2cnn3ccn(C)c23)C1. The Morgan fingerprint density at radius 3 is 3.14 bits per heavy atom. The van der Waals surface area contributed by atoms with Gasteiger partial charge in [-0.2, -0.15) is 5.10 Å². The maximum atomic E-state index is 12.7. The molecule has 114 valence electrons. The summed E-state index contributed by atoms with van der Waals surface area (Å²) in [7, 11) is 1.93. The van der Waals surface area contributed by atoms with Gasteiger partial charge in [0, 0.05) is 45.1 Å². The Kier molecular flexibility index (Phi) is 3.96. The van der Waals surface area contributed by atoms with Crippen LogP contribution in [0, 0.1) is 5.92 Å². The highest BCUT2D eigenvalue weighted by atomic mass is 16.5. The van der Waals surface area contributed by atoms with E-state index in [2.05, 4.69) is 12.0 Å². The van der Waals surface area contributed by atoms with Crippen molar-refractivity contribution in [1.29, 1.82) is 0 Å². The van der Waals surface area contributed by atoms with Gasteiger partial charge >= 0.3 is 0 Å². The van der Waals surface area contributed by atoms with Crippen LogP contribution in [0.3, 0.4) is 0 Å². The first-order chi connectivity index (χ1) is 10.2. The monoisotopic (exact) mass is 290 g/mol. The summed E-state index contributed by atoms with van der Waals surface area (Å²) in [6.07, 6.45) is 7.49. The molecule has 1 saturated heterocycles. The number of ether oxygens (including phenoxy) is 1. The predicted molar refractivity (Wildman–Crippen MR) is 79.3 cm³/mol. The van der Waals surface area contributed by atoms with Gasteiger partial charge in [0.1, 0.15) is 11.2 Å². The molecule has 1 fully saturated rings. The molecule has 0 spiro atoms. The van der Waals surface area contributed by atoms with E-state index in [-0.39, 0.29) is 5.91 Å². The standard InChI is InChI=1S/C15H22N4O2/c1-3-8-21-11-12-4-5-18(10-12)15(20)13-9-16-19-7-6-17(2)14(13)19/h6-7,9,12H,3-5,8,10-11H2,1-2H3/t12-/m1/s1. The number of rotatable bonds is 5. The van der Waals surface area contributed by atoms with Crippen LogP contribution >= 0.6 is 0 Å². The maximum Gasteiger partial charge on any atom is 0.259 e. The first-order valence-electron chi connectivity index (χ1n) is 7.56. The molecule has 6 nitrogen and oxygen atoms in total. The molecule has 1 atom stereocenters.